The first-order valence-corrected chi connectivity index (χ1v) is 3.29. The van der Waals surface area contributed by atoms with Crippen LogP contribution >= 0.6 is 0 Å². The van der Waals surface area contributed by atoms with Crippen molar-refractivity contribution in [3.05, 3.63) is 5.82 Å². The van der Waals surface area contributed by atoms with Crippen LogP contribution in [0.15, 0.2) is 0 Å². The van der Waals surface area contributed by atoms with Crippen LogP contribution in [0.2, 0.25) is 0 Å². The molecule has 6 heteroatoms. The summed E-state index contributed by atoms with van der Waals surface area (Å²) in [5.74, 6) is -0.562. The second-order valence-corrected chi connectivity index (χ2v) is 2.21. The van der Waals surface area contributed by atoms with Crippen LogP contribution < -0.4 is 4.74 Å². The van der Waals surface area contributed by atoms with E-state index in [1.54, 1.807) is 7.05 Å². The molecule has 6 nitrogen and oxygen atoms in total. The predicted molar refractivity (Wildman–Crippen MR) is 38.9 cm³/mol. The van der Waals surface area contributed by atoms with Gasteiger partial charge in [0.1, 0.15) is 12.2 Å². The van der Waals surface area contributed by atoms with Gasteiger partial charge in [-0.2, -0.15) is 4.98 Å². The van der Waals surface area contributed by atoms with E-state index < -0.39 is 5.97 Å². The van der Waals surface area contributed by atoms with E-state index in [0.717, 1.165) is 0 Å². The van der Waals surface area contributed by atoms with Crippen molar-refractivity contribution in [2.45, 2.75) is 6.42 Å². The number of hydrogen-bond acceptors (Lipinski definition) is 4. The maximum absolute atomic E-state index is 10.3. The first kappa shape index (κ1) is 8.51. The lowest BCUT2D eigenvalue weighted by Crippen LogP contribution is -2.06. The highest BCUT2D eigenvalue weighted by molar-refractivity contribution is 5.69. The molecule has 0 saturated carbocycles. The number of hydrogen-bond donors (Lipinski definition) is 1. The summed E-state index contributed by atoms with van der Waals surface area (Å²) in [5, 5.41) is 12.3. The van der Waals surface area contributed by atoms with Crippen LogP contribution in [0.25, 0.3) is 0 Å². The summed E-state index contributed by atoms with van der Waals surface area (Å²) in [6, 6.07) is 0.189. The number of carboxylic acids is 1. The third-order valence-electron chi connectivity index (χ3n) is 1.33. The number of nitrogens with zero attached hydrogens (tertiary/aromatic N) is 3. The third-order valence-corrected chi connectivity index (χ3v) is 1.33. The number of ether oxygens (including phenoxy) is 1. The summed E-state index contributed by atoms with van der Waals surface area (Å²) in [6.07, 6.45) is -0.146. The molecule has 0 fully saturated rings. The molecule has 0 saturated heterocycles. The molecule has 0 unspecified atom stereocenters. The molecule has 0 spiro atoms. The Bertz CT molecular complexity index is 294. The minimum atomic E-state index is -0.937. The maximum atomic E-state index is 10.3. The molecule has 66 valence electrons. The lowest BCUT2D eigenvalue weighted by Gasteiger charge is -1.92. The van der Waals surface area contributed by atoms with Crippen molar-refractivity contribution in [2.24, 2.45) is 7.05 Å². The van der Waals surface area contributed by atoms with Crippen LogP contribution in [0.3, 0.4) is 0 Å². The largest absolute Gasteiger partial charge is 0.481 e. The zero-order valence-corrected chi connectivity index (χ0v) is 6.81. The smallest absolute Gasteiger partial charge is 0.335 e. The molecule has 1 heterocycles. The Kier molecular flexibility index (Phi) is 2.27. The van der Waals surface area contributed by atoms with E-state index in [0.29, 0.717) is 5.82 Å². The van der Waals surface area contributed by atoms with Gasteiger partial charge in [-0.25, -0.2) is 4.68 Å². The van der Waals surface area contributed by atoms with Crippen LogP contribution in [0.1, 0.15) is 5.82 Å². The van der Waals surface area contributed by atoms with Gasteiger partial charge in [0.05, 0.1) is 7.11 Å². The summed E-state index contributed by atoms with van der Waals surface area (Å²) in [6.45, 7) is 0. The van der Waals surface area contributed by atoms with Gasteiger partial charge in [-0.05, 0) is 0 Å². The normalized spacial score (nSPS) is 9.83. The van der Waals surface area contributed by atoms with E-state index >= 15 is 0 Å². The minimum Gasteiger partial charge on any atom is -0.481 e. The SMILES string of the molecule is COc1nc(CC(=O)O)n(C)n1. The first-order valence-electron chi connectivity index (χ1n) is 3.29. The van der Waals surface area contributed by atoms with Crippen molar-refractivity contribution in [3.8, 4) is 6.01 Å². The van der Waals surface area contributed by atoms with Crippen LogP contribution in [0.5, 0.6) is 6.01 Å². The van der Waals surface area contributed by atoms with Crippen molar-refractivity contribution in [1.29, 1.82) is 0 Å². The van der Waals surface area contributed by atoms with Crippen LogP contribution in [0.4, 0.5) is 0 Å². The summed E-state index contributed by atoms with van der Waals surface area (Å²) < 4.78 is 6.10. The van der Waals surface area contributed by atoms with Crippen molar-refractivity contribution in [3.63, 3.8) is 0 Å². The molecule has 0 radical (unpaired) electrons. The molecule has 0 amide bonds. The molecule has 1 aromatic rings. The number of aromatic nitrogens is 3. The highest BCUT2D eigenvalue weighted by Gasteiger charge is 2.09. The molecular weight excluding hydrogens is 162 g/mol. The predicted octanol–water partition coefficient (Wildman–Crippen LogP) is -0.549. The number of rotatable bonds is 3. The number of aryl methyl sites for hydroxylation is 1. The first-order chi connectivity index (χ1) is 5.63. The Morgan fingerprint density at radius 1 is 1.75 bits per heavy atom. The van der Waals surface area contributed by atoms with Gasteiger partial charge in [0.2, 0.25) is 0 Å². The quantitative estimate of drug-likeness (QED) is 0.660. The Balaban J connectivity index is 2.84. The van der Waals surface area contributed by atoms with Gasteiger partial charge in [-0.3, -0.25) is 4.79 Å². The highest BCUT2D eigenvalue weighted by atomic mass is 16.5. The maximum Gasteiger partial charge on any atom is 0.335 e. The topological polar surface area (TPSA) is 77.2 Å². The van der Waals surface area contributed by atoms with E-state index in [9.17, 15) is 4.79 Å². The lowest BCUT2D eigenvalue weighted by atomic mass is 10.4. The molecule has 12 heavy (non-hydrogen) atoms. The molecule has 0 bridgehead atoms. The molecule has 0 aliphatic rings. The summed E-state index contributed by atoms with van der Waals surface area (Å²) in [5.41, 5.74) is 0. The number of aliphatic carboxylic acids is 1. The number of methoxy groups -OCH3 is 1. The highest BCUT2D eigenvalue weighted by Crippen LogP contribution is 2.03. The Hall–Kier alpha value is -1.59. The van der Waals surface area contributed by atoms with Gasteiger partial charge in [-0.1, -0.05) is 0 Å². The van der Waals surface area contributed by atoms with Gasteiger partial charge >= 0.3 is 12.0 Å². The molecule has 0 atom stereocenters. The summed E-state index contributed by atoms with van der Waals surface area (Å²) in [7, 11) is 3.05. The molecule has 0 aliphatic heterocycles. The molecule has 0 aromatic carbocycles. The monoisotopic (exact) mass is 171 g/mol. The molecule has 1 aromatic heterocycles. The van der Waals surface area contributed by atoms with Crippen LogP contribution in [0, 0.1) is 0 Å². The van der Waals surface area contributed by atoms with E-state index in [1.807, 2.05) is 0 Å². The Morgan fingerprint density at radius 3 is 2.83 bits per heavy atom. The third kappa shape index (κ3) is 1.71. The second-order valence-electron chi connectivity index (χ2n) is 2.21. The summed E-state index contributed by atoms with van der Waals surface area (Å²) >= 11 is 0. The van der Waals surface area contributed by atoms with Crippen LogP contribution in [-0.4, -0.2) is 33.0 Å². The zero-order valence-electron chi connectivity index (χ0n) is 6.81. The Morgan fingerprint density at radius 2 is 2.42 bits per heavy atom. The van der Waals surface area contributed by atoms with Gasteiger partial charge in [0, 0.05) is 7.05 Å². The van der Waals surface area contributed by atoms with E-state index in [1.165, 1.54) is 11.8 Å². The minimum absolute atomic E-state index is 0.146. The summed E-state index contributed by atoms with van der Waals surface area (Å²) in [4.78, 5) is 14.1. The van der Waals surface area contributed by atoms with Crippen molar-refractivity contribution in [2.75, 3.05) is 7.11 Å². The number of carboxylic acid groups (broad SMARTS) is 1. The number of carbonyl (C=O) groups is 1. The second kappa shape index (κ2) is 3.21. The van der Waals surface area contributed by atoms with E-state index in [4.69, 9.17) is 9.84 Å². The lowest BCUT2D eigenvalue weighted by molar-refractivity contribution is -0.136. The van der Waals surface area contributed by atoms with Gasteiger partial charge in [-0.15, -0.1) is 5.10 Å². The average Bonchev–Trinajstić information content (AvgIpc) is 2.31. The zero-order chi connectivity index (χ0) is 9.14. The fourth-order valence-electron chi connectivity index (χ4n) is 0.767. The molecule has 1 N–H and O–H groups in total. The molecule has 1 rings (SSSR count). The van der Waals surface area contributed by atoms with Gasteiger partial charge in [0.15, 0.2) is 0 Å². The van der Waals surface area contributed by atoms with Crippen molar-refractivity contribution >= 4 is 5.97 Å². The molecule has 0 aliphatic carbocycles. The van der Waals surface area contributed by atoms with Gasteiger partial charge < -0.3 is 9.84 Å². The van der Waals surface area contributed by atoms with Crippen molar-refractivity contribution < 1.29 is 14.6 Å². The van der Waals surface area contributed by atoms with Crippen LogP contribution in [-0.2, 0) is 18.3 Å². The van der Waals surface area contributed by atoms with E-state index in [-0.39, 0.29) is 12.4 Å². The average molecular weight is 171 g/mol. The van der Waals surface area contributed by atoms with E-state index in [2.05, 4.69) is 10.1 Å². The standard InChI is InChI=1S/C6H9N3O3/c1-9-4(3-5(10)11)7-6(8-9)12-2/h3H2,1-2H3,(H,10,11). The van der Waals surface area contributed by atoms with Crippen molar-refractivity contribution in [1.82, 2.24) is 14.8 Å². The fourth-order valence-corrected chi connectivity index (χ4v) is 0.767. The molecular formula is C6H9N3O3. The Labute approximate surface area is 68.8 Å². The van der Waals surface area contributed by atoms with Gasteiger partial charge in [0.25, 0.3) is 0 Å². The fraction of sp³-hybridized carbons (Fsp3) is 0.500.